The Hall–Kier alpha value is 0.436. The smallest absolute Gasteiger partial charge is 0.226 e. The molecule has 0 fully saturated rings. The van der Waals surface area contributed by atoms with Crippen molar-refractivity contribution in [2.45, 2.75) is 52.4 Å². The Kier molecular flexibility index (Phi) is 13.7. The first-order valence-corrected chi connectivity index (χ1v) is 19.5. The first-order valence-electron chi connectivity index (χ1n) is 7.60. The van der Waals surface area contributed by atoms with Gasteiger partial charge in [-0.15, -0.1) is 26.3 Å². The van der Waals surface area contributed by atoms with Gasteiger partial charge in [-0.2, -0.15) is 0 Å². The van der Waals surface area contributed by atoms with E-state index in [2.05, 4.69) is 78.7 Å². The van der Waals surface area contributed by atoms with Crippen LogP contribution in [-0.2, 0) is 29.3 Å². The normalized spacial score (nSPS) is 12.2. The second kappa shape index (κ2) is 11.1. The van der Waals surface area contributed by atoms with Gasteiger partial charge in [-0.05, 0) is 52.4 Å². The van der Waals surface area contributed by atoms with Crippen molar-refractivity contribution in [1.29, 1.82) is 0 Å². The van der Waals surface area contributed by atoms with Crippen molar-refractivity contribution < 1.29 is 29.3 Å². The third-order valence-electron chi connectivity index (χ3n) is 2.67. The van der Waals surface area contributed by atoms with E-state index in [1.165, 1.54) is 0 Å². The van der Waals surface area contributed by atoms with Gasteiger partial charge in [-0.1, -0.05) is 22.8 Å². The molecule has 0 amide bonds. The van der Waals surface area contributed by atoms with Gasteiger partial charge >= 0.3 is 0 Å². The van der Waals surface area contributed by atoms with Gasteiger partial charge in [0.25, 0.3) is 0 Å². The van der Waals surface area contributed by atoms with Crippen LogP contribution in [0.25, 0.3) is 0 Å². The Labute approximate surface area is 163 Å². The maximum atomic E-state index is 5.97. The maximum absolute atomic E-state index is 5.97. The van der Waals surface area contributed by atoms with Crippen LogP contribution in [0, 0.1) is 0 Å². The van der Waals surface area contributed by atoms with E-state index < -0.39 is 33.3 Å². The van der Waals surface area contributed by atoms with Crippen LogP contribution < -0.4 is 0 Å². The van der Waals surface area contributed by atoms with Crippen LogP contribution in [0.4, 0.5) is 0 Å². The third kappa shape index (κ3) is 15.7. The minimum absolute atomic E-state index is 0. The molecule has 0 atom stereocenters. The van der Waals surface area contributed by atoms with Crippen molar-refractivity contribution in [3.8, 4) is 0 Å². The van der Waals surface area contributed by atoms with Crippen LogP contribution in [0.15, 0.2) is 49.1 Å². The second-order valence-electron chi connectivity index (χ2n) is 7.61. The molecule has 2 nitrogen and oxygen atoms in total. The Morgan fingerprint density at radius 3 is 0.739 bits per heavy atom. The molecule has 0 aliphatic heterocycles. The molecule has 0 saturated carbocycles. The fourth-order valence-corrected chi connectivity index (χ4v) is 13.9. The monoisotopic (exact) mass is 567 g/mol. The summed E-state index contributed by atoms with van der Waals surface area (Å²) in [5, 5.41) is 0. The Morgan fingerprint density at radius 1 is 0.522 bits per heavy atom. The molecule has 0 spiro atoms. The largest absolute Gasteiger partial charge is 0.450 e. The van der Waals surface area contributed by atoms with Gasteiger partial charge in [0.1, 0.15) is 0 Å². The number of hydrogen-bond acceptors (Lipinski definition) is 2. The summed E-state index contributed by atoms with van der Waals surface area (Å²) in [5.74, 6) is 0. The minimum atomic E-state index is -1.74. The van der Waals surface area contributed by atoms with Crippen molar-refractivity contribution in [2.75, 3.05) is 0 Å². The zero-order chi connectivity index (χ0) is 18.2. The van der Waals surface area contributed by atoms with Gasteiger partial charge in [-0.25, -0.2) is 0 Å². The third-order valence-corrected chi connectivity index (χ3v) is 14.3. The van der Waals surface area contributed by atoms with E-state index in [1.54, 1.807) is 0 Å². The van der Waals surface area contributed by atoms with Crippen molar-refractivity contribution >= 4 is 33.3 Å². The fourth-order valence-electron chi connectivity index (χ4n) is 1.65. The summed E-state index contributed by atoms with van der Waals surface area (Å²) in [4.78, 5) is 0. The fraction of sp³-hybridized carbons (Fsp3) is 0.500. The first-order chi connectivity index (χ1) is 9.66. The molecule has 0 heterocycles. The van der Waals surface area contributed by atoms with E-state index in [0.717, 1.165) is 0 Å². The minimum Gasteiger partial charge on any atom is -0.450 e. The molecule has 0 radical (unpaired) electrons. The van der Waals surface area contributed by atoms with Crippen molar-refractivity contribution in [2.24, 2.45) is 0 Å². The molecular formula is C16H36O2PtSi4. The van der Waals surface area contributed by atoms with Crippen LogP contribution in [-0.4, -0.2) is 33.3 Å². The molecule has 0 bridgehead atoms. The van der Waals surface area contributed by atoms with Crippen LogP contribution in [0.5, 0.6) is 0 Å². The van der Waals surface area contributed by atoms with E-state index in [0.29, 0.717) is 0 Å². The molecule has 23 heavy (non-hydrogen) atoms. The summed E-state index contributed by atoms with van der Waals surface area (Å²) >= 11 is 0. The van der Waals surface area contributed by atoms with E-state index in [9.17, 15) is 0 Å². The quantitative estimate of drug-likeness (QED) is 0.349. The SMILES string of the molecule is C=C[Si](C)(C=C)O[Si](C)(C)C.C=C[Si](C)(C=C)O[Si](C)(C)C.[Pt]. The molecule has 0 aliphatic rings. The summed E-state index contributed by atoms with van der Waals surface area (Å²) in [6.45, 7) is 32.4. The zero-order valence-electron chi connectivity index (χ0n) is 16.3. The standard InChI is InChI=1S/2C8H18OSi2.Pt/c2*1-7-11(6,8-2)9-10(3,4)5;/h2*7-8H,1-2H2,3-6H3;. The molecule has 0 aromatic carbocycles. The second-order valence-corrected chi connectivity index (χ2v) is 24.1. The van der Waals surface area contributed by atoms with Crippen LogP contribution >= 0.6 is 0 Å². The summed E-state index contributed by atoms with van der Waals surface area (Å²) in [5.41, 5.74) is 7.72. The van der Waals surface area contributed by atoms with Gasteiger partial charge in [0.2, 0.25) is 16.6 Å². The van der Waals surface area contributed by atoms with Crippen molar-refractivity contribution in [3.63, 3.8) is 0 Å². The molecule has 0 aromatic heterocycles. The maximum Gasteiger partial charge on any atom is 0.226 e. The van der Waals surface area contributed by atoms with Gasteiger partial charge in [0, 0.05) is 21.1 Å². The molecule has 0 aliphatic carbocycles. The van der Waals surface area contributed by atoms with Crippen molar-refractivity contribution in [3.05, 3.63) is 49.1 Å². The van der Waals surface area contributed by atoms with Gasteiger partial charge in [0.05, 0.1) is 0 Å². The van der Waals surface area contributed by atoms with E-state index in [4.69, 9.17) is 8.23 Å². The summed E-state index contributed by atoms with van der Waals surface area (Å²) < 4.78 is 11.9. The Bertz CT molecular complexity index is 344. The average Bonchev–Trinajstić information content (AvgIpc) is 2.35. The number of rotatable bonds is 8. The van der Waals surface area contributed by atoms with Crippen LogP contribution in [0.1, 0.15) is 0 Å². The molecule has 0 N–H and O–H groups in total. The average molecular weight is 568 g/mol. The van der Waals surface area contributed by atoms with Crippen LogP contribution in [0.3, 0.4) is 0 Å². The molecular weight excluding hydrogens is 532 g/mol. The van der Waals surface area contributed by atoms with E-state index in [1.807, 2.05) is 22.8 Å². The van der Waals surface area contributed by atoms with Gasteiger partial charge in [-0.3, -0.25) is 0 Å². The van der Waals surface area contributed by atoms with E-state index >= 15 is 0 Å². The first kappa shape index (κ1) is 28.2. The summed E-state index contributed by atoms with van der Waals surface area (Å²) in [6, 6.07) is 0. The van der Waals surface area contributed by atoms with Gasteiger partial charge in [0.15, 0.2) is 16.6 Å². The summed E-state index contributed by atoms with van der Waals surface area (Å²) in [6.07, 6.45) is 0. The summed E-state index contributed by atoms with van der Waals surface area (Å²) in [7, 11) is -6.32. The van der Waals surface area contributed by atoms with Crippen LogP contribution in [0.2, 0.25) is 52.4 Å². The molecule has 0 aromatic rings. The van der Waals surface area contributed by atoms with Crippen molar-refractivity contribution in [1.82, 2.24) is 0 Å². The zero-order valence-corrected chi connectivity index (χ0v) is 22.5. The van der Waals surface area contributed by atoms with Gasteiger partial charge < -0.3 is 8.23 Å². The molecule has 138 valence electrons. The molecule has 0 saturated heterocycles. The Morgan fingerprint density at radius 2 is 0.696 bits per heavy atom. The topological polar surface area (TPSA) is 18.5 Å². The predicted molar refractivity (Wildman–Crippen MR) is 113 cm³/mol. The Balaban J connectivity index is -0.000000333. The molecule has 0 unspecified atom stereocenters. The molecule has 7 heteroatoms. The predicted octanol–water partition coefficient (Wildman–Crippen LogP) is 5.72. The van der Waals surface area contributed by atoms with E-state index in [-0.39, 0.29) is 21.1 Å². The molecule has 0 rings (SSSR count). The number of hydrogen-bond donors (Lipinski definition) is 0.